The number of terminal acetylenes is 1. The number of aryl methyl sites for hydroxylation is 1. The smallest absolute Gasteiger partial charge is 0.213 e. The Bertz CT molecular complexity index is 1310. The quantitative estimate of drug-likeness (QED) is 0.430. The van der Waals surface area contributed by atoms with Crippen molar-refractivity contribution in [1.82, 2.24) is 14.5 Å². The van der Waals surface area contributed by atoms with Gasteiger partial charge in [-0.25, -0.2) is 18.5 Å². The Kier molecular flexibility index (Phi) is 6.78. The van der Waals surface area contributed by atoms with Crippen molar-refractivity contribution in [2.24, 2.45) is 11.1 Å². The highest BCUT2D eigenvalue weighted by atomic mass is 32.2. The number of hydrogen-bond donors (Lipinski definition) is 1. The van der Waals surface area contributed by atoms with Crippen molar-refractivity contribution in [3.63, 3.8) is 0 Å². The van der Waals surface area contributed by atoms with E-state index in [1.54, 1.807) is 38.7 Å². The third kappa shape index (κ3) is 5.13. The number of ether oxygens (including phenoxy) is 1. The molecule has 31 heavy (non-hydrogen) atoms. The number of pyridine rings is 1. The van der Waals surface area contributed by atoms with Crippen LogP contribution in [0.1, 0.15) is 19.4 Å². The van der Waals surface area contributed by atoms with Crippen molar-refractivity contribution in [3.8, 4) is 18.1 Å². The average molecular weight is 439 g/mol. The number of nitrogens with zero attached hydrogens (tertiary/aromatic N) is 3. The van der Waals surface area contributed by atoms with Gasteiger partial charge < -0.3 is 9.30 Å². The molecule has 0 aliphatic heterocycles. The van der Waals surface area contributed by atoms with Gasteiger partial charge in [-0.3, -0.25) is 4.98 Å². The van der Waals surface area contributed by atoms with Crippen molar-refractivity contribution in [1.29, 1.82) is 0 Å². The Morgan fingerprint density at radius 3 is 2.74 bits per heavy atom. The first-order chi connectivity index (χ1) is 14.8. The highest BCUT2D eigenvalue weighted by molar-refractivity contribution is 7.89. The molecule has 2 heterocycles. The summed E-state index contributed by atoms with van der Waals surface area (Å²) in [6, 6.07) is 4.03. The number of aromatic nitrogens is 3. The molecule has 1 aromatic carbocycles. The van der Waals surface area contributed by atoms with Crippen LogP contribution in [0.3, 0.4) is 0 Å². The van der Waals surface area contributed by atoms with E-state index in [-0.39, 0.29) is 11.7 Å². The van der Waals surface area contributed by atoms with Crippen LogP contribution < -0.4 is 9.88 Å². The maximum atomic E-state index is 11.4. The van der Waals surface area contributed by atoms with E-state index in [9.17, 15) is 8.42 Å². The van der Waals surface area contributed by atoms with Crippen LogP contribution in [-0.2, 0) is 23.0 Å². The molecule has 162 valence electrons. The number of allylic oxidation sites excluding steroid dienone is 3. The molecule has 0 spiro atoms. The van der Waals surface area contributed by atoms with Crippen LogP contribution in [0.4, 0.5) is 0 Å². The number of fused-ring (bicyclic) bond motifs is 3. The van der Waals surface area contributed by atoms with Gasteiger partial charge in [-0.15, -0.1) is 6.42 Å². The fourth-order valence-corrected chi connectivity index (χ4v) is 4.24. The molecule has 8 heteroatoms. The molecule has 1 unspecified atom stereocenters. The summed E-state index contributed by atoms with van der Waals surface area (Å²) in [5.74, 6) is 3.07. The molecule has 2 aromatic heterocycles. The van der Waals surface area contributed by atoms with Gasteiger partial charge in [0.1, 0.15) is 11.3 Å². The van der Waals surface area contributed by atoms with Gasteiger partial charge in [0.2, 0.25) is 10.0 Å². The van der Waals surface area contributed by atoms with Gasteiger partial charge in [-0.2, -0.15) is 0 Å². The van der Waals surface area contributed by atoms with E-state index >= 15 is 0 Å². The summed E-state index contributed by atoms with van der Waals surface area (Å²) in [6.45, 7) is 4.33. The predicted octanol–water partition coefficient (Wildman–Crippen LogP) is 3.20. The second kappa shape index (κ2) is 9.33. The Labute approximate surface area is 182 Å². The lowest BCUT2D eigenvalue weighted by atomic mass is 10.1. The van der Waals surface area contributed by atoms with Gasteiger partial charge in [-0.05, 0) is 30.5 Å². The number of nitrogens with two attached hydrogens (primary N) is 1. The Morgan fingerprint density at radius 1 is 1.35 bits per heavy atom. The lowest BCUT2D eigenvalue weighted by Gasteiger charge is -2.12. The van der Waals surface area contributed by atoms with E-state index < -0.39 is 10.0 Å². The molecule has 7 nitrogen and oxygen atoms in total. The minimum absolute atomic E-state index is 0.233. The Morgan fingerprint density at radius 2 is 2.13 bits per heavy atom. The predicted molar refractivity (Wildman–Crippen MR) is 124 cm³/mol. The fraction of sp³-hybridized carbons (Fsp3) is 0.304. The lowest BCUT2D eigenvalue weighted by Crippen LogP contribution is -2.17. The van der Waals surface area contributed by atoms with Crippen LogP contribution in [0.25, 0.3) is 21.9 Å². The topological polar surface area (TPSA) is 100 Å². The number of benzene rings is 1. The van der Waals surface area contributed by atoms with E-state index in [0.717, 1.165) is 39.7 Å². The molecule has 3 rings (SSSR count). The van der Waals surface area contributed by atoms with E-state index in [4.69, 9.17) is 16.3 Å². The normalized spacial score (nSPS) is 13.7. The van der Waals surface area contributed by atoms with Crippen LogP contribution in [0.2, 0.25) is 0 Å². The monoisotopic (exact) mass is 438 g/mol. The standard InChI is InChI=1S/C23H26N4O3S/c1-5-16(8-9-17(6-2)14-31(24,28)29)13-27-15-26-21-12-25-20-11-22(30-4)18(7-3)10-19(20)23(21)27/h1,6,8-12,15-16H,7,13-14H2,2-4H3,(H2,24,28,29)/b9-8-,17-6+. The van der Waals surface area contributed by atoms with Crippen LogP contribution in [-0.4, -0.2) is 35.8 Å². The second-order valence-corrected chi connectivity index (χ2v) is 8.84. The lowest BCUT2D eigenvalue weighted by molar-refractivity contribution is 0.411. The zero-order valence-corrected chi connectivity index (χ0v) is 18.7. The Hall–Kier alpha value is -3.15. The highest BCUT2D eigenvalue weighted by Gasteiger charge is 2.14. The maximum Gasteiger partial charge on any atom is 0.213 e. The van der Waals surface area contributed by atoms with Crippen LogP contribution in [0.5, 0.6) is 5.75 Å². The molecule has 0 saturated heterocycles. The van der Waals surface area contributed by atoms with Gasteiger partial charge in [0.15, 0.2) is 0 Å². The van der Waals surface area contributed by atoms with E-state index in [1.165, 1.54) is 0 Å². The third-order valence-corrected chi connectivity index (χ3v) is 5.85. The van der Waals surface area contributed by atoms with Crippen molar-refractivity contribution in [3.05, 3.63) is 54.0 Å². The van der Waals surface area contributed by atoms with E-state index in [1.807, 2.05) is 16.7 Å². The zero-order chi connectivity index (χ0) is 22.6. The maximum absolute atomic E-state index is 11.4. The molecule has 0 radical (unpaired) electrons. The minimum Gasteiger partial charge on any atom is -0.496 e. The average Bonchev–Trinajstić information content (AvgIpc) is 3.16. The van der Waals surface area contributed by atoms with Gasteiger partial charge in [0, 0.05) is 18.0 Å². The van der Waals surface area contributed by atoms with Crippen LogP contribution >= 0.6 is 0 Å². The van der Waals surface area contributed by atoms with Gasteiger partial charge in [0.25, 0.3) is 0 Å². The molecule has 0 bridgehead atoms. The first kappa shape index (κ1) is 22.5. The first-order valence-corrected chi connectivity index (χ1v) is 11.6. The largest absolute Gasteiger partial charge is 0.496 e. The minimum atomic E-state index is -3.61. The summed E-state index contributed by atoms with van der Waals surface area (Å²) in [5.41, 5.74) is 4.23. The molecule has 0 aliphatic carbocycles. The number of methoxy groups -OCH3 is 1. The van der Waals surface area contributed by atoms with Crippen molar-refractivity contribution in [2.45, 2.75) is 26.8 Å². The fourth-order valence-electron chi connectivity index (χ4n) is 3.51. The molecule has 1 atom stereocenters. The van der Waals surface area contributed by atoms with E-state index in [0.29, 0.717) is 12.1 Å². The number of imidazole rings is 1. The zero-order valence-electron chi connectivity index (χ0n) is 17.9. The van der Waals surface area contributed by atoms with Gasteiger partial charge in [0.05, 0.1) is 42.3 Å². The summed E-state index contributed by atoms with van der Waals surface area (Å²) in [7, 11) is -1.95. The summed E-state index contributed by atoms with van der Waals surface area (Å²) in [5, 5.41) is 6.13. The molecule has 0 saturated carbocycles. The number of primary sulfonamides is 1. The Balaban J connectivity index is 1.99. The summed E-state index contributed by atoms with van der Waals surface area (Å²) in [4.78, 5) is 9.01. The summed E-state index contributed by atoms with van der Waals surface area (Å²) >= 11 is 0. The van der Waals surface area contributed by atoms with Crippen molar-refractivity contribution >= 4 is 32.0 Å². The number of hydrogen-bond acceptors (Lipinski definition) is 5. The van der Waals surface area contributed by atoms with Crippen LogP contribution in [0.15, 0.2) is 48.5 Å². The van der Waals surface area contributed by atoms with Gasteiger partial charge >= 0.3 is 0 Å². The molecule has 0 aliphatic rings. The third-order valence-electron chi connectivity index (χ3n) is 5.12. The van der Waals surface area contributed by atoms with E-state index in [2.05, 4.69) is 28.9 Å². The molecule has 3 aromatic rings. The molecular weight excluding hydrogens is 412 g/mol. The molecule has 0 amide bonds. The van der Waals surface area contributed by atoms with Crippen molar-refractivity contribution in [2.75, 3.05) is 12.9 Å². The molecule has 0 fully saturated rings. The summed E-state index contributed by atoms with van der Waals surface area (Å²) in [6.07, 6.45) is 15.3. The van der Waals surface area contributed by atoms with Crippen LogP contribution in [0, 0.1) is 18.3 Å². The summed E-state index contributed by atoms with van der Waals surface area (Å²) < 4.78 is 30.3. The number of rotatable bonds is 8. The first-order valence-electron chi connectivity index (χ1n) is 9.90. The highest BCUT2D eigenvalue weighted by Crippen LogP contribution is 2.30. The molecular formula is C23H26N4O3S. The number of sulfonamides is 1. The second-order valence-electron chi connectivity index (χ2n) is 7.23. The van der Waals surface area contributed by atoms with Crippen molar-refractivity contribution < 1.29 is 13.2 Å². The SMILES string of the molecule is C#CC(/C=C\C(=C/C)CS(N)(=O)=O)Cn1cnc2cnc3cc(OC)c(CC)cc3c21. The van der Waals surface area contributed by atoms with Gasteiger partial charge in [-0.1, -0.05) is 31.1 Å². The molecule has 2 N–H and O–H groups in total.